The minimum Gasteiger partial charge on any atom is -0.326 e. The van der Waals surface area contributed by atoms with Crippen LogP contribution in [0.1, 0.15) is 11.3 Å². The molecule has 1 rings (SSSR count). The molecule has 0 aliphatic heterocycles. The summed E-state index contributed by atoms with van der Waals surface area (Å²) < 4.78 is 36.3. The van der Waals surface area contributed by atoms with Gasteiger partial charge in [-0.2, -0.15) is 13.2 Å². The summed E-state index contributed by atoms with van der Waals surface area (Å²) in [4.78, 5) is 6.54. The highest BCUT2D eigenvalue weighted by Crippen LogP contribution is 2.29. The largest absolute Gasteiger partial charge is 0.433 e. The van der Waals surface area contributed by atoms with E-state index < -0.39 is 11.9 Å². The first-order valence-electron chi connectivity index (χ1n) is 3.12. The van der Waals surface area contributed by atoms with Gasteiger partial charge in [0.1, 0.15) is 6.33 Å². The van der Waals surface area contributed by atoms with Crippen LogP contribution in [0.5, 0.6) is 0 Å². The Hall–Kier alpha value is -1.17. The molecule has 0 spiro atoms. The number of aromatic nitrogens is 2. The number of halogens is 3. The Bertz CT molecular complexity index is 271. The number of rotatable bonds is 1. The molecule has 0 aromatic carbocycles. The normalized spacial score (nSPS) is 11.7. The number of nitrogens with zero attached hydrogens (tertiary/aromatic N) is 2. The first kappa shape index (κ1) is 8.92. The predicted molar refractivity (Wildman–Crippen MR) is 34.9 cm³/mol. The van der Waals surface area contributed by atoms with Gasteiger partial charge in [0.05, 0.1) is 0 Å². The van der Waals surface area contributed by atoms with Gasteiger partial charge in [0, 0.05) is 18.3 Å². The van der Waals surface area contributed by atoms with Crippen LogP contribution in [0.4, 0.5) is 13.2 Å². The Morgan fingerprint density at radius 2 is 2.08 bits per heavy atom. The number of alkyl halides is 3. The maximum absolute atomic E-state index is 12.1. The average Bonchev–Trinajstić information content (AvgIpc) is 2.03. The molecule has 12 heavy (non-hydrogen) atoms. The van der Waals surface area contributed by atoms with Gasteiger partial charge in [0.25, 0.3) is 0 Å². The topological polar surface area (TPSA) is 51.8 Å². The third-order valence-electron chi connectivity index (χ3n) is 1.28. The van der Waals surface area contributed by atoms with Gasteiger partial charge in [0.2, 0.25) is 0 Å². The van der Waals surface area contributed by atoms with Gasteiger partial charge in [-0.25, -0.2) is 9.97 Å². The standard InChI is InChI=1S/C6H6F3N3/c7-6(8,9)5-4(1-10)2-11-3-12-5/h2-3H,1,10H2. The Morgan fingerprint density at radius 1 is 1.42 bits per heavy atom. The predicted octanol–water partition coefficient (Wildman–Crippen LogP) is 0.954. The van der Waals surface area contributed by atoms with Gasteiger partial charge in [-0.3, -0.25) is 0 Å². The fourth-order valence-corrected chi connectivity index (χ4v) is 0.763. The summed E-state index contributed by atoms with van der Waals surface area (Å²) in [6.45, 7) is -0.213. The Kier molecular flexibility index (Phi) is 2.27. The summed E-state index contributed by atoms with van der Waals surface area (Å²) in [6, 6.07) is 0. The van der Waals surface area contributed by atoms with Gasteiger partial charge in [-0.15, -0.1) is 0 Å². The van der Waals surface area contributed by atoms with Crippen LogP contribution in [0.2, 0.25) is 0 Å². The summed E-state index contributed by atoms with van der Waals surface area (Å²) in [7, 11) is 0. The van der Waals surface area contributed by atoms with E-state index in [0.29, 0.717) is 0 Å². The second-order valence-electron chi connectivity index (χ2n) is 2.10. The van der Waals surface area contributed by atoms with Crippen molar-refractivity contribution in [3.05, 3.63) is 23.8 Å². The first-order chi connectivity index (χ1) is 5.55. The van der Waals surface area contributed by atoms with Crippen molar-refractivity contribution >= 4 is 0 Å². The van der Waals surface area contributed by atoms with Crippen LogP contribution < -0.4 is 5.73 Å². The van der Waals surface area contributed by atoms with Crippen LogP contribution >= 0.6 is 0 Å². The van der Waals surface area contributed by atoms with Gasteiger partial charge >= 0.3 is 6.18 Å². The minimum absolute atomic E-state index is 0.0926. The van der Waals surface area contributed by atoms with Crippen molar-refractivity contribution in [2.24, 2.45) is 5.73 Å². The summed E-state index contributed by atoms with van der Waals surface area (Å²) in [5.41, 5.74) is 4.02. The molecule has 2 N–H and O–H groups in total. The molecule has 1 heterocycles. The molecule has 0 radical (unpaired) electrons. The lowest BCUT2D eigenvalue weighted by Crippen LogP contribution is -2.14. The van der Waals surface area contributed by atoms with Crippen LogP contribution in [0.15, 0.2) is 12.5 Å². The summed E-state index contributed by atoms with van der Waals surface area (Å²) in [5, 5.41) is 0. The van der Waals surface area contributed by atoms with E-state index >= 15 is 0 Å². The summed E-state index contributed by atoms with van der Waals surface area (Å²) >= 11 is 0. The molecule has 0 atom stereocenters. The molecule has 0 fully saturated rings. The van der Waals surface area contributed by atoms with E-state index in [4.69, 9.17) is 5.73 Å². The van der Waals surface area contributed by atoms with Crippen molar-refractivity contribution < 1.29 is 13.2 Å². The van der Waals surface area contributed by atoms with Crippen LogP contribution in [0.25, 0.3) is 0 Å². The molecule has 66 valence electrons. The van der Waals surface area contributed by atoms with Crippen molar-refractivity contribution in [2.75, 3.05) is 0 Å². The maximum atomic E-state index is 12.1. The molecular formula is C6H6F3N3. The highest BCUT2D eigenvalue weighted by molar-refractivity contribution is 5.18. The van der Waals surface area contributed by atoms with E-state index in [2.05, 4.69) is 9.97 Å². The van der Waals surface area contributed by atoms with Crippen LogP contribution in [0, 0.1) is 0 Å². The molecule has 1 aromatic heterocycles. The second kappa shape index (κ2) is 3.06. The zero-order valence-electron chi connectivity index (χ0n) is 5.97. The van der Waals surface area contributed by atoms with Crippen molar-refractivity contribution in [1.82, 2.24) is 9.97 Å². The third-order valence-corrected chi connectivity index (χ3v) is 1.28. The van der Waals surface area contributed by atoms with Crippen molar-refractivity contribution in [3.63, 3.8) is 0 Å². The molecule has 0 saturated heterocycles. The zero-order valence-corrected chi connectivity index (χ0v) is 5.97. The molecule has 0 aliphatic carbocycles. The molecule has 3 nitrogen and oxygen atoms in total. The van der Waals surface area contributed by atoms with Crippen molar-refractivity contribution in [2.45, 2.75) is 12.7 Å². The fraction of sp³-hybridized carbons (Fsp3) is 0.333. The van der Waals surface area contributed by atoms with Gasteiger partial charge < -0.3 is 5.73 Å². The van der Waals surface area contributed by atoms with E-state index in [1.165, 1.54) is 0 Å². The smallest absolute Gasteiger partial charge is 0.326 e. The molecule has 6 heteroatoms. The first-order valence-corrected chi connectivity index (χ1v) is 3.12. The number of hydrogen-bond donors (Lipinski definition) is 1. The zero-order chi connectivity index (χ0) is 9.19. The monoisotopic (exact) mass is 177 g/mol. The van der Waals surface area contributed by atoms with E-state index in [1.807, 2.05) is 0 Å². The number of nitrogens with two attached hydrogens (primary N) is 1. The van der Waals surface area contributed by atoms with E-state index in [1.54, 1.807) is 0 Å². The molecule has 0 saturated carbocycles. The second-order valence-corrected chi connectivity index (χ2v) is 2.10. The van der Waals surface area contributed by atoms with Gasteiger partial charge in [0.15, 0.2) is 5.69 Å². The SMILES string of the molecule is NCc1cncnc1C(F)(F)F. The van der Waals surface area contributed by atoms with E-state index in [-0.39, 0.29) is 12.1 Å². The molecule has 0 aliphatic rings. The highest BCUT2D eigenvalue weighted by Gasteiger charge is 2.34. The van der Waals surface area contributed by atoms with Crippen molar-refractivity contribution in [3.8, 4) is 0 Å². The van der Waals surface area contributed by atoms with Gasteiger partial charge in [-0.05, 0) is 0 Å². The highest BCUT2D eigenvalue weighted by atomic mass is 19.4. The van der Waals surface area contributed by atoms with Crippen LogP contribution in [0.3, 0.4) is 0 Å². The Morgan fingerprint density at radius 3 is 2.50 bits per heavy atom. The molecule has 0 amide bonds. The van der Waals surface area contributed by atoms with E-state index in [9.17, 15) is 13.2 Å². The maximum Gasteiger partial charge on any atom is 0.433 e. The average molecular weight is 177 g/mol. The lowest BCUT2D eigenvalue weighted by Gasteiger charge is -2.08. The lowest BCUT2D eigenvalue weighted by atomic mass is 10.2. The third kappa shape index (κ3) is 1.70. The molecule has 0 unspecified atom stereocenters. The molecule has 0 bridgehead atoms. The molecular weight excluding hydrogens is 171 g/mol. The quantitative estimate of drug-likeness (QED) is 0.694. The van der Waals surface area contributed by atoms with E-state index in [0.717, 1.165) is 12.5 Å². The summed E-state index contributed by atoms with van der Waals surface area (Å²) in [6.07, 6.45) is -2.53. The Labute approximate surface area is 66.4 Å². The fourth-order valence-electron chi connectivity index (χ4n) is 0.763. The summed E-state index contributed by atoms with van der Waals surface area (Å²) in [5.74, 6) is 0. The number of hydrogen-bond acceptors (Lipinski definition) is 3. The Balaban J connectivity index is 3.14. The van der Waals surface area contributed by atoms with Crippen molar-refractivity contribution in [1.29, 1.82) is 0 Å². The van der Waals surface area contributed by atoms with Gasteiger partial charge in [-0.1, -0.05) is 0 Å². The van der Waals surface area contributed by atoms with Crippen LogP contribution in [-0.4, -0.2) is 9.97 Å². The minimum atomic E-state index is -4.45. The lowest BCUT2D eigenvalue weighted by molar-refractivity contribution is -0.141. The van der Waals surface area contributed by atoms with Crippen LogP contribution in [-0.2, 0) is 12.7 Å². The molecule has 1 aromatic rings.